The summed E-state index contributed by atoms with van der Waals surface area (Å²) in [5.41, 5.74) is 4.37. The molecule has 4 rings (SSSR count). The number of nitrogens with zero attached hydrogens (tertiary/aromatic N) is 2. The Kier molecular flexibility index (Phi) is 8.05. The zero-order valence-corrected chi connectivity index (χ0v) is 21.2. The van der Waals surface area contributed by atoms with Crippen molar-refractivity contribution in [2.45, 2.75) is 46.1 Å². The minimum atomic E-state index is -0.537. The topological polar surface area (TPSA) is 95.1 Å². The number of nitrogens with one attached hydrogen (secondary N) is 1. The predicted molar refractivity (Wildman–Crippen MR) is 141 cm³/mol. The van der Waals surface area contributed by atoms with Gasteiger partial charge in [-0.1, -0.05) is 35.9 Å². The lowest BCUT2D eigenvalue weighted by atomic mass is 9.96. The highest BCUT2D eigenvalue weighted by Crippen LogP contribution is 2.38. The molecule has 0 atom stereocenters. The first-order valence-electron chi connectivity index (χ1n) is 11.9. The number of rotatable bonds is 8. The van der Waals surface area contributed by atoms with E-state index < -0.39 is 5.91 Å². The third kappa shape index (κ3) is 5.76. The van der Waals surface area contributed by atoms with Gasteiger partial charge in [-0.25, -0.2) is 0 Å². The fourth-order valence-electron chi connectivity index (χ4n) is 4.11. The molecule has 0 saturated heterocycles. The number of hydrogen-bond donors (Lipinski definition) is 1. The zero-order chi connectivity index (χ0) is 25.5. The van der Waals surface area contributed by atoms with Gasteiger partial charge in [0.15, 0.2) is 11.5 Å². The Morgan fingerprint density at radius 3 is 2.58 bits per heavy atom. The van der Waals surface area contributed by atoms with Crippen LogP contribution in [0.1, 0.15) is 52.5 Å². The molecule has 1 N–H and O–H groups in total. The summed E-state index contributed by atoms with van der Waals surface area (Å²) in [6.07, 6.45) is 5.42. The highest BCUT2D eigenvalue weighted by molar-refractivity contribution is 7.16. The van der Waals surface area contributed by atoms with Gasteiger partial charge in [-0.05, 0) is 74.4 Å². The summed E-state index contributed by atoms with van der Waals surface area (Å²) >= 11 is 1.44. The lowest BCUT2D eigenvalue weighted by Crippen LogP contribution is -2.13. The molecule has 0 saturated carbocycles. The van der Waals surface area contributed by atoms with E-state index in [2.05, 4.69) is 11.4 Å². The lowest BCUT2D eigenvalue weighted by molar-refractivity contribution is -0.112. The largest absolute Gasteiger partial charge is 0.490 e. The van der Waals surface area contributed by atoms with Crippen LogP contribution in [0.2, 0.25) is 0 Å². The van der Waals surface area contributed by atoms with E-state index in [9.17, 15) is 15.3 Å². The van der Waals surface area contributed by atoms with Crippen molar-refractivity contribution in [1.82, 2.24) is 0 Å². The van der Waals surface area contributed by atoms with Crippen molar-refractivity contribution in [3.63, 3.8) is 0 Å². The number of hydrogen-bond acceptors (Lipinski definition) is 6. The van der Waals surface area contributed by atoms with Crippen LogP contribution in [0.15, 0.2) is 48.0 Å². The third-order valence-corrected chi connectivity index (χ3v) is 7.18. The van der Waals surface area contributed by atoms with Gasteiger partial charge in [0.1, 0.15) is 29.3 Å². The fraction of sp³-hybridized carbons (Fsp3) is 0.276. The Balaban J connectivity index is 1.52. The van der Waals surface area contributed by atoms with Gasteiger partial charge in [0.05, 0.1) is 12.2 Å². The summed E-state index contributed by atoms with van der Waals surface area (Å²) in [7, 11) is 0. The summed E-state index contributed by atoms with van der Waals surface area (Å²) in [5, 5.41) is 22.6. The standard InChI is InChI=1S/C29H27N3O3S/c1-3-34-26-15-21(12-13-25(26)35-18-20-10-8-19(2)9-11-20)14-22(16-30)28(33)32-29-24(17-31)23-6-4-5-7-27(23)36-29/h8-15H,3-7,18H2,1-2H3,(H,32,33)/b22-14+. The van der Waals surface area contributed by atoms with Crippen molar-refractivity contribution >= 4 is 28.3 Å². The molecule has 1 heterocycles. The monoisotopic (exact) mass is 497 g/mol. The maximum atomic E-state index is 12.9. The number of carbonyl (C=O) groups is 1. The summed E-state index contributed by atoms with van der Waals surface area (Å²) in [4.78, 5) is 14.1. The van der Waals surface area contributed by atoms with Crippen LogP contribution in [0.3, 0.4) is 0 Å². The molecule has 1 aliphatic carbocycles. The van der Waals surface area contributed by atoms with Crippen LogP contribution >= 0.6 is 11.3 Å². The van der Waals surface area contributed by atoms with Crippen molar-refractivity contribution in [3.8, 4) is 23.6 Å². The zero-order valence-electron chi connectivity index (χ0n) is 20.4. The first kappa shape index (κ1) is 25.0. The van der Waals surface area contributed by atoms with E-state index in [1.165, 1.54) is 23.0 Å². The molecular formula is C29H27N3O3S. The van der Waals surface area contributed by atoms with Crippen LogP contribution in [0.25, 0.3) is 6.08 Å². The van der Waals surface area contributed by atoms with E-state index in [1.807, 2.05) is 44.2 Å². The molecule has 1 amide bonds. The molecule has 1 aromatic heterocycles. The van der Waals surface area contributed by atoms with Crippen LogP contribution in [-0.4, -0.2) is 12.5 Å². The van der Waals surface area contributed by atoms with Crippen LogP contribution in [0, 0.1) is 29.6 Å². The van der Waals surface area contributed by atoms with Gasteiger partial charge in [-0.2, -0.15) is 10.5 Å². The molecule has 36 heavy (non-hydrogen) atoms. The second kappa shape index (κ2) is 11.6. The van der Waals surface area contributed by atoms with E-state index in [-0.39, 0.29) is 5.57 Å². The fourth-order valence-corrected chi connectivity index (χ4v) is 5.34. The molecule has 0 radical (unpaired) electrons. The van der Waals surface area contributed by atoms with Crippen LogP contribution in [0.4, 0.5) is 5.00 Å². The van der Waals surface area contributed by atoms with Crippen molar-refractivity contribution in [1.29, 1.82) is 10.5 Å². The van der Waals surface area contributed by atoms with Gasteiger partial charge in [-0.15, -0.1) is 11.3 Å². The number of benzene rings is 2. The molecule has 0 aliphatic heterocycles. The molecular weight excluding hydrogens is 470 g/mol. The Morgan fingerprint density at radius 1 is 1.08 bits per heavy atom. The first-order chi connectivity index (χ1) is 17.5. The summed E-state index contributed by atoms with van der Waals surface area (Å²) < 4.78 is 11.7. The number of anilines is 1. The number of ether oxygens (including phenoxy) is 2. The Hall–Kier alpha value is -4.07. The van der Waals surface area contributed by atoms with E-state index in [0.29, 0.717) is 40.8 Å². The van der Waals surface area contributed by atoms with E-state index >= 15 is 0 Å². The van der Waals surface area contributed by atoms with Crippen molar-refractivity contribution in [2.24, 2.45) is 0 Å². The van der Waals surface area contributed by atoms with Gasteiger partial charge in [0, 0.05) is 4.88 Å². The summed E-state index contributed by atoms with van der Waals surface area (Å²) in [6, 6.07) is 17.6. The average molecular weight is 498 g/mol. The molecule has 3 aromatic rings. The van der Waals surface area contributed by atoms with Crippen molar-refractivity contribution in [3.05, 3.63) is 80.7 Å². The van der Waals surface area contributed by atoms with Gasteiger partial charge in [0.25, 0.3) is 5.91 Å². The third-order valence-electron chi connectivity index (χ3n) is 5.97. The van der Waals surface area contributed by atoms with E-state index in [1.54, 1.807) is 18.2 Å². The quantitative estimate of drug-likeness (QED) is 0.290. The average Bonchev–Trinajstić information content (AvgIpc) is 3.24. The molecule has 0 fully saturated rings. The molecule has 0 spiro atoms. The minimum Gasteiger partial charge on any atom is -0.490 e. The van der Waals surface area contributed by atoms with Crippen molar-refractivity contribution in [2.75, 3.05) is 11.9 Å². The van der Waals surface area contributed by atoms with E-state index in [0.717, 1.165) is 41.7 Å². The minimum absolute atomic E-state index is 0.0546. The number of thiophene rings is 1. The maximum Gasteiger partial charge on any atom is 0.266 e. The number of aryl methyl sites for hydroxylation is 2. The second-order valence-corrected chi connectivity index (χ2v) is 9.67. The second-order valence-electron chi connectivity index (χ2n) is 8.56. The van der Waals surface area contributed by atoms with Gasteiger partial charge in [-0.3, -0.25) is 4.79 Å². The Bertz CT molecular complexity index is 1370. The highest BCUT2D eigenvalue weighted by atomic mass is 32.1. The molecule has 0 unspecified atom stereocenters. The first-order valence-corrected chi connectivity index (χ1v) is 12.8. The van der Waals surface area contributed by atoms with E-state index in [4.69, 9.17) is 9.47 Å². The van der Waals surface area contributed by atoms with Gasteiger partial charge >= 0.3 is 0 Å². The number of amides is 1. The predicted octanol–water partition coefficient (Wildman–Crippen LogP) is 6.33. The summed E-state index contributed by atoms with van der Waals surface area (Å²) in [6.45, 7) is 4.76. The summed E-state index contributed by atoms with van der Waals surface area (Å²) in [5.74, 6) is 0.583. The number of fused-ring (bicyclic) bond motifs is 1. The van der Waals surface area contributed by atoms with Crippen LogP contribution in [-0.2, 0) is 24.2 Å². The Labute approximate surface area is 215 Å². The maximum absolute atomic E-state index is 12.9. The smallest absolute Gasteiger partial charge is 0.266 e. The van der Waals surface area contributed by atoms with Crippen LogP contribution in [0.5, 0.6) is 11.5 Å². The molecule has 1 aliphatic rings. The molecule has 182 valence electrons. The molecule has 6 nitrogen and oxygen atoms in total. The van der Waals surface area contributed by atoms with Crippen molar-refractivity contribution < 1.29 is 14.3 Å². The van der Waals surface area contributed by atoms with Crippen LogP contribution < -0.4 is 14.8 Å². The number of carbonyl (C=O) groups excluding carboxylic acids is 1. The SMILES string of the molecule is CCOc1cc(/C=C(\C#N)C(=O)Nc2sc3c(c2C#N)CCCC3)ccc1OCc1ccc(C)cc1. The van der Waals surface area contributed by atoms with Gasteiger partial charge < -0.3 is 14.8 Å². The normalized spacial score (nSPS) is 12.7. The molecule has 7 heteroatoms. The Morgan fingerprint density at radius 2 is 1.86 bits per heavy atom. The molecule has 0 bridgehead atoms. The highest BCUT2D eigenvalue weighted by Gasteiger charge is 2.22. The number of nitriles is 2. The van der Waals surface area contributed by atoms with Gasteiger partial charge in [0.2, 0.25) is 0 Å². The molecule has 2 aromatic carbocycles. The lowest BCUT2D eigenvalue weighted by Gasteiger charge is -2.13.